The van der Waals surface area contributed by atoms with Gasteiger partial charge in [-0.05, 0) is 51.9 Å². The van der Waals surface area contributed by atoms with Gasteiger partial charge in [0.05, 0.1) is 98.7 Å². The lowest BCUT2D eigenvalue weighted by Crippen LogP contribution is -2.69. The number of nitrogens with zero attached hydrogens (tertiary/aromatic N) is 1. The maximum absolute atomic E-state index is 14.6. The maximum Gasteiger partial charge on any atom is 0.308 e. The van der Waals surface area contributed by atoms with Gasteiger partial charge < -0.3 is 105 Å². The van der Waals surface area contributed by atoms with E-state index in [0.717, 1.165) is 19.3 Å². The van der Waals surface area contributed by atoms with Gasteiger partial charge in [0.25, 0.3) is 0 Å². The van der Waals surface area contributed by atoms with Crippen LogP contribution in [0.15, 0.2) is 85.1 Å². The predicted molar refractivity (Wildman–Crippen MR) is 302 cm³/mol. The van der Waals surface area contributed by atoms with E-state index in [1.165, 1.54) is 6.92 Å². The van der Waals surface area contributed by atoms with E-state index in [4.69, 9.17) is 23.7 Å². The number of hydrogen-bond acceptors (Lipinski definition) is 22. The van der Waals surface area contributed by atoms with Gasteiger partial charge in [0.1, 0.15) is 30.5 Å². The molecule has 0 radical (unpaired) electrons. The van der Waals surface area contributed by atoms with Gasteiger partial charge in [0, 0.05) is 50.6 Å². The van der Waals surface area contributed by atoms with Crippen LogP contribution in [-0.2, 0) is 33.3 Å². The molecule has 472 valence electrons. The van der Waals surface area contributed by atoms with E-state index >= 15 is 0 Å². The van der Waals surface area contributed by atoms with Crippen molar-refractivity contribution >= 4 is 11.9 Å². The summed E-state index contributed by atoms with van der Waals surface area (Å²) in [5, 5.41) is 158. The van der Waals surface area contributed by atoms with E-state index in [9.17, 15) is 81.1 Å². The van der Waals surface area contributed by atoms with Crippen molar-refractivity contribution in [2.75, 3.05) is 26.2 Å². The van der Waals surface area contributed by atoms with Crippen LogP contribution >= 0.6 is 0 Å². The van der Waals surface area contributed by atoms with Crippen molar-refractivity contribution in [2.45, 2.75) is 227 Å². The van der Waals surface area contributed by atoms with E-state index in [1.807, 2.05) is 19.1 Å². The van der Waals surface area contributed by atoms with E-state index in [-0.39, 0.29) is 31.6 Å². The molecule has 4 unspecified atom stereocenters. The molecule has 23 atom stereocenters. The average Bonchev–Trinajstić information content (AvgIpc) is 3.06. The number of likely N-dealkylation sites (tertiary alicyclic amines) is 1. The van der Waals surface area contributed by atoms with Gasteiger partial charge in [-0.25, -0.2) is 0 Å². The molecule has 83 heavy (non-hydrogen) atoms. The summed E-state index contributed by atoms with van der Waals surface area (Å²) in [6, 6.07) is -1.33. The zero-order valence-corrected chi connectivity index (χ0v) is 48.5. The number of esters is 1. The first kappa shape index (κ1) is 70.1. The number of aliphatic hydroxyl groups is 14. The molecule has 0 spiro atoms. The number of nitrogens with one attached hydrogen (secondary N) is 1. The molecule has 23 heteroatoms. The number of allylic oxidation sites excluding steroid dienone is 12. The van der Waals surface area contributed by atoms with Gasteiger partial charge >= 0.3 is 5.97 Å². The maximum atomic E-state index is 14.6. The fourth-order valence-corrected chi connectivity index (χ4v) is 11.3. The van der Waals surface area contributed by atoms with Crippen LogP contribution in [0.2, 0.25) is 0 Å². The van der Waals surface area contributed by atoms with Crippen molar-refractivity contribution < 1.29 is 105 Å². The lowest BCUT2D eigenvalue weighted by Gasteiger charge is -2.47. The molecule has 0 aromatic rings. The average molecular weight is 1180 g/mol. The molecule has 1 amide bonds. The third-order valence-electron chi connectivity index (χ3n) is 16.7. The van der Waals surface area contributed by atoms with E-state index in [2.05, 4.69) is 12.2 Å². The molecule has 5 aliphatic rings. The van der Waals surface area contributed by atoms with Crippen molar-refractivity contribution in [3.8, 4) is 0 Å². The Bertz CT molecular complexity index is 2190. The molecule has 5 heterocycles. The minimum Gasteiger partial charge on any atom is -0.462 e. The summed E-state index contributed by atoms with van der Waals surface area (Å²) in [6.45, 7) is 8.40. The third kappa shape index (κ3) is 21.0. The second kappa shape index (κ2) is 33.5. The van der Waals surface area contributed by atoms with E-state index in [0.29, 0.717) is 19.0 Å². The summed E-state index contributed by atoms with van der Waals surface area (Å²) < 4.78 is 29.7. The Morgan fingerprint density at radius 2 is 1.25 bits per heavy atom. The standard InChI is InChI=1S/C60H96N2O21/c1-6-39-23-25-62(26-24-39)57(76)50-46(68)32-59(77)31-42(65)28-45(67)44(66)22-21-40(63)27-41(64)29-49(70)80-37(4)36(3)52(71)35(2)19-17-15-13-11-9-7-8-10-12-14-16-18-20-43(30-48(50)83-59)82-58-55(74)51(53(72)38(5)81-58)61-34-60(78)56(75)54(73)47(69)33-79-60/h7-20,35-48,50-56,58,61,63-69,71-75,77-78H,6,21-34H2,1-5H3/b8-7+,11-9+,12-10+,15-13+,16-14+,19-17+,20-18+/t35-,36?,37-,38+,40+,41+,42-,43-,44+,45+,46-,47+,48?,50?,51-,52+,53+,54-,55-,56-,58?,59+,60+/m0/s1. The topological polar surface area (TPSA) is 379 Å². The van der Waals surface area contributed by atoms with Crippen molar-refractivity contribution in [1.29, 1.82) is 0 Å². The third-order valence-corrected chi connectivity index (χ3v) is 16.7. The molecular weight excluding hydrogens is 1080 g/mol. The monoisotopic (exact) mass is 1180 g/mol. The fraction of sp³-hybridized carbons (Fsp3) is 0.733. The van der Waals surface area contributed by atoms with Crippen molar-refractivity contribution in [3.63, 3.8) is 0 Å². The lowest BCUT2D eigenvalue weighted by molar-refractivity contribution is -0.323. The lowest BCUT2D eigenvalue weighted by atomic mass is 9.81. The number of hydrogen-bond donors (Lipinski definition) is 15. The Morgan fingerprint density at radius 3 is 1.87 bits per heavy atom. The van der Waals surface area contributed by atoms with Gasteiger partial charge in [-0.15, -0.1) is 0 Å². The van der Waals surface area contributed by atoms with Crippen LogP contribution in [0.1, 0.15) is 105 Å². The molecule has 4 fully saturated rings. The minimum absolute atomic E-state index is 0.122. The Morgan fingerprint density at radius 1 is 0.651 bits per heavy atom. The molecule has 0 aromatic heterocycles. The van der Waals surface area contributed by atoms with Crippen LogP contribution in [0, 0.1) is 23.7 Å². The molecular formula is C60H96N2O21. The number of cyclic esters (lactones) is 1. The first-order valence-electron chi connectivity index (χ1n) is 29.4. The highest BCUT2D eigenvalue weighted by atomic mass is 16.7. The molecule has 5 rings (SSSR count). The van der Waals surface area contributed by atoms with Crippen molar-refractivity contribution in [1.82, 2.24) is 10.2 Å². The van der Waals surface area contributed by atoms with Gasteiger partial charge in [0.15, 0.2) is 12.1 Å². The number of fused-ring (bicyclic) bond motifs is 2. The highest BCUT2D eigenvalue weighted by Crippen LogP contribution is 2.40. The van der Waals surface area contributed by atoms with Gasteiger partial charge in [-0.2, -0.15) is 0 Å². The van der Waals surface area contributed by atoms with Crippen LogP contribution in [-0.4, -0.2) is 236 Å². The molecule has 2 bridgehead atoms. The molecule has 15 N–H and O–H groups in total. The molecule has 0 aromatic carbocycles. The van der Waals surface area contributed by atoms with Crippen molar-refractivity contribution in [3.05, 3.63) is 85.1 Å². The van der Waals surface area contributed by atoms with Crippen LogP contribution in [0.4, 0.5) is 0 Å². The summed E-state index contributed by atoms with van der Waals surface area (Å²) in [7, 11) is 0. The minimum atomic E-state index is -2.46. The summed E-state index contributed by atoms with van der Waals surface area (Å²) in [6.07, 6.45) is -0.0789. The summed E-state index contributed by atoms with van der Waals surface area (Å²) >= 11 is 0. The number of carbonyl (C=O) groups is 2. The second-order valence-electron chi connectivity index (χ2n) is 23.4. The molecule has 0 aliphatic carbocycles. The largest absolute Gasteiger partial charge is 0.462 e. The van der Waals surface area contributed by atoms with Gasteiger partial charge in [-0.1, -0.05) is 112 Å². The highest BCUT2D eigenvalue weighted by molar-refractivity contribution is 5.80. The predicted octanol–water partition coefficient (Wildman–Crippen LogP) is -0.292. The van der Waals surface area contributed by atoms with Crippen LogP contribution < -0.4 is 5.32 Å². The number of rotatable bonds is 7. The first-order chi connectivity index (χ1) is 39.3. The van der Waals surface area contributed by atoms with Crippen LogP contribution in [0.3, 0.4) is 0 Å². The second-order valence-corrected chi connectivity index (χ2v) is 23.4. The SMILES string of the molecule is CCC1CCN(C(=O)C2C3C[C@@H](OC4O[C@H](C)[C@@H](O)[C@H](NC[C@@]5(O)OC[C@@H](O)[C@H](O)[C@@H]5O)[C@@H]4O)/C=C/C=C/C=C/C=C/C=C/C=C/C=C/[C@H](C)[C@@H](O)C(C)[C@H](C)OC(=O)C[C@H](O)C[C@H](O)CC[C@@H](O)[C@H](O)C[C@H](O)C[C@](O)(C[C@@H]2O)O3)CC1. The number of aliphatic hydroxyl groups excluding tert-OH is 12. The zero-order chi connectivity index (χ0) is 61.2. The first-order valence-corrected chi connectivity index (χ1v) is 29.4. The van der Waals surface area contributed by atoms with Crippen LogP contribution in [0.5, 0.6) is 0 Å². The summed E-state index contributed by atoms with van der Waals surface area (Å²) in [5.74, 6) is -7.66. The van der Waals surface area contributed by atoms with Crippen LogP contribution in [0.25, 0.3) is 0 Å². The smallest absolute Gasteiger partial charge is 0.308 e. The molecule has 5 aliphatic heterocycles. The Kier molecular flexibility index (Phi) is 28.3. The van der Waals surface area contributed by atoms with E-state index in [1.54, 1.807) is 91.7 Å². The van der Waals surface area contributed by atoms with Crippen molar-refractivity contribution in [2.24, 2.45) is 23.7 Å². The number of carbonyl (C=O) groups excluding carboxylic acids is 2. The van der Waals surface area contributed by atoms with E-state index < -0.39 is 184 Å². The number of amides is 1. The highest BCUT2D eigenvalue weighted by Gasteiger charge is 2.53. The quantitative estimate of drug-likeness (QED) is 0.146. The fourth-order valence-electron chi connectivity index (χ4n) is 11.3. The number of ether oxygens (including phenoxy) is 5. The Hall–Kier alpha value is -3.64. The molecule has 23 nitrogen and oxygen atoms in total. The number of piperidine rings is 1. The van der Waals surface area contributed by atoms with Gasteiger partial charge in [-0.3, -0.25) is 9.59 Å². The molecule has 0 saturated carbocycles. The summed E-state index contributed by atoms with van der Waals surface area (Å²) in [4.78, 5) is 29.0. The Balaban J connectivity index is 1.44. The normalized spacial score (nSPS) is 45.2. The molecule has 4 saturated heterocycles. The summed E-state index contributed by atoms with van der Waals surface area (Å²) in [5.41, 5.74) is 0. The zero-order valence-electron chi connectivity index (χ0n) is 48.5. The Labute approximate surface area is 487 Å². The van der Waals surface area contributed by atoms with Gasteiger partial charge in [0.2, 0.25) is 11.7 Å².